The van der Waals surface area contributed by atoms with E-state index in [0.29, 0.717) is 0 Å². The fraction of sp³-hybridized carbons (Fsp3) is 0.0400. The van der Waals surface area contributed by atoms with Crippen molar-refractivity contribution in [3.05, 3.63) is 102 Å². The first kappa shape index (κ1) is 18.2. The molecular formula is C25H22N2S. The molecular weight excluding hydrogens is 360 g/mol. The van der Waals surface area contributed by atoms with Crippen LogP contribution in [0.3, 0.4) is 0 Å². The monoisotopic (exact) mass is 382 g/mol. The second-order valence-corrected chi connectivity index (χ2v) is 7.67. The smallest absolute Gasteiger partial charge is 0.0423 e. The van der Waals surface area contributed by atoms with Gasteiger partial charge in [0.2, 0.25) is 0 Å². The van der Waals surface area contributed by atoms with Gasteiger partial charge in [-0.2, -0.15) is 0 Å². The van der Waals surface area contributed by atoms with Crippen LogP contribution in [0.1, 0.15) is 5.56 Å². The molecule has 0 aromatic heterocycles. The highest BCUT2D eigenvalue weighted by molar-refractivity contribution is 8.10. The van der Waals surface area contributed by atoms with E-state index in [1.165, 1.54) is 27.0 Å². The van der Waals surface area contributed by atoms with Crippen LogP contribution in [0.2, 0.25) is 0 Å². The summed E-state index contributed by atoms with van der Waals surface area (Å²) in [6, 6.07) is 19.1. The molecule has 0 aliphatic carbocycles. The molecule has 0 unspecified atom stereocenters. The van der Waals surface area contributed by atoms with Crippen molar-refractivity contribution in [3.63, 3.8) is 0 Å². The summed E-state index contributed by atoms with van der Waals surface area (Å²) in [5, 5.41) is 7.76. The molecule has 1 heterocycles. The highest BCUT2D eigenvalue weighted by Gasteiger charge is 2.11. The van der Waals surface area contributed by atoms with Crippen LogP contribution in [0.4, 0.5) is 11.4 Å². The number of benzene rings is 3. The lowest BCUT2D eigenvalue weighted by Crippen LogP contribution is -1.95. The second-order valence-electron chi connectivity index (χ2n) is 6.72. The maximum atomic E-state index is 5.91. The molecule has 0 atom stereocenters. The first-order valence-corrected chi connectivity index (χ1v) is 10.0. The summed E-state index contributed by atoms with van der Waals surface area (Å²) in [7, 11) is 1.96. The van der Waals surface area contributed by atoms with Crippen LogP contribution >= 0.6 is 11.8 Å². The average Bonchev–Trinajstić information content (AvgIpc) is 2.69. The van der Waals surface area contributed by atoms with Gasteiger partial charge in [0, 0.05) is 28.9 Å². The van der Waals surface area contributed by atoms with E-state index in [2.05, 4.69) is 65.8 Å². The average molecular weight is 383 g/mol. The summed E-state index contributed by atoms with van der Waals surface area (Å²) >= 11 is 1.71. The van der Waals surface area contributed by atoms with Crippen molar-refractivity contribution in [2.24, 2.45) is 0 Å². The van der Waals surface area contributed by atoms with Crippen LogP contribution in [0.5, 0.6) is 0 Å². The first-order chi connectivity index (χ1) is 13.6. The summed E-state index contributed by atoms with van der Waals surface area (Å²) in [5.41, 5.74) is 12.3. The molecule has 1 aliphatic heterocycles. The minimum absolute atomic E-state index is 0.788. The Balaban J connectivity index is 1.81. The number of hydrogen-bond donors (Lipinski definition) is 2. The van der Waals surface area contributed by atoms with Gasteiger partial charge in [0.05, 0.1) is 0 Å². The highest BCUT2D eigenvalue weighted by Crippen LogP contribution is 2.38. The normalized spacial score (nSPS) is 18.0. The molecule has 4 rings (SSSR count). The zero-order valence-electron chi connectivity index (χ0n) is 15.8. The van der Waals surface area contributed by atoms with Gasteiger partial charge in [0.25, 0.3) is 0 Å². The predicted octanol–water partition coefficient (Wildman–Crippen LogP) is 6.84. The maximum absolute atomic E-state index is 5.91. The first-order valence-electron chi connectivity index (χ1n) is 9.16. The third kappa shape index (κ3) is 3.75. The van der Waals surface area contributed by atoms with Crippen molar-refractivity contribution in [3.8, 4) is 11.1 Å². The molecule has 0 bridgehead atoms. The fourth-order valence-electron chi connectivity index (χ4n) is 3.32. The van der Waals surface area contributed by atoms with Gasteiger partial charge in [-0.25, -0.2) is 0 Å². The largest absolute Gasteiger partial charge is 0.399 e. The van der Waals surface area contributed by atoms with Crippen LogP contribution in [-0.2, 0) is 0 Å². The lowest BCUT2D eigenvalue weighted by atomic mass is 9.98. The molecule has 0 radical (unpaired) electrons. The molecule has 3 N–H and O–H groups in total. The zero-order valence-corrected chi connectivity index (χ0v) is 16.6. The van der Waals surface area contributed by atoms with Crippen LogP contribution in [0, 0.1) is 0 Å². The van der Waals surface area contributed by atoms with Gasteiger partial charge in [0.1, 0.15) is 0 Å². The van der Waals surface area contributed by atoms with Crippen LogP contribution in [0.15, 0.2) is 96.5 Å². The van der Waals surface area contributed by atoms with E-state index < -0.39 is 0 Å². The van der Waals surface area contributed by atoms with Crippen molar-refractivity contribution in [2.45, 2.75) is 0 Å². The Morgan fingerprint density at radius 1 is 0.893 bits per heavy atom. The maximum Gasteiger partial charge on any atom is 0.0423 e. The van der Waals surface area contributed by atoms with Gasteiger partial charge < -0.3 is 11.1 Å². The molecule has 138 valence electrons. The highest BCUT2D eigenvalue weighted by atomic mass is 32.2. The molecule has 1 aliphatic rings. The van der Waals surface area contributed by atoms with E-state index in [4.69, 9.17) is 5.73 Å². The third-order valence-electron chi connectivity index (χ3n) is 4.76. The summed E-state index contributed by atoms with van der Waals surface area (Å²) in [5.74, 6) is 0. The lowest BCUT2D eigenvalue weighted by molar-refractivity contribution is 1.48. The number of thioether (sulfide) groups is 1. The van der Waals surface area contributed by atoms with Gasteiger partial charge in [-0.1, -0.05) is 60.8 Å². The predicted molar refractivity (Wildman–Crippen MR) is 126 cm³/mol. The lowest BCUT2D eigenvalue weighted by Gasteiger charge is -2.15. The Hall–Kier alpha value is -3.17. The van der Waals surface area contributed by atoms with Crippen LogP contribution in [0.25, 0.3) is 26.8 Å². The van der Waals surface area contributed by atoms with Crippen molar-refractivity contribution in [1.29, 1.82) is 0 Å². The van der Waals surface area contributed by atoms with Crippen molar-refractivity contribution >= 4 is 38.8 Å². The number of nitrogen functional groups attached to an aromatic ring is 1. The number of fused-ring (bicyclic) bond motifs is 1. The Bertz CT molecular complexity index is 1150. The van der Waals surface area contributed by atoms with Crippen molar-refractivity contribution in [1.82, 2.24) is 0 Å². The van der Waals surface area contributed by atoms with Gasteiger partial charge in [-0.05, 0) is 69.3 Å². The van der Waals surface area contributed by atoms with Crippen molar-refractivity contribution in [2.75, 3.05) is 18.1 Å². The minimum Gasteiger partial charge on any atom is -0.399 e. The SMILES string of the molecule is C=C1/C=C\C=C/S/C(c2cc(-c3ccc4cc(N)ccc4c3)ccc2NC)=C\1. The quantitative estimate of drug-likeness (QED) is 0.487. The molecule has 3 aromatic rings. The van der Waals surface area contributed by atoms with Crippen LogP contribution < -0.4 is 11.1 Å². The second kappa shape index (κ2) is 7.83. The topological polar surface area (TPSA) is 38.0 Å². The molecule has 0 saturated carbocycles. The van der Waals surface area contributed by atoms with Gasteiger partial charge >= 0.3 is 0 Å². The summed E-state index contributed by atoms with van der Waals surface area (Å²) in [6.45, 7) is 4.13. The number of rotatable bonds is 3. The third-order valence-corrected chi connectivity index (χ3v) is 5.65. The van der Waals surface area contributed by atoms with Gasteiger partial charge in [-0.3, -0.25) is 0 Å². The number of nitrogens with two attached hydrogens (primary N) is 1. The standard InChI is InChI=1S/C25H22N2S/c1-17-5-3-4-12-28-25(13-17)23-16-21(9-11-24(23)27-2)18-6-7-20-15-22(26)10-8-19(20)14-18/h3-16,27H,1,26H2,2H3/b5-3-,12-4-,25-13-. The molecule has 0 saturated heterocycles. The Morgan fingerprint density at radius 2 is 1.64 bits per heavy atom. The Morgan fingerprint density at radius 3 is 2.50 bits per heavy atom. The number of allylic oxidation sites excluding steroid dienone is 5. The van der Waals surface area contributed by atoms with Gasteiger partial charge in [-0.15, -0.1) is 0 Å². The van der Waals surface area contributed by atoms with E-state index in [9.17, 15) is 0 Å². The molecule has 0 fully saturated rings. The van der Waals surface area contributed by atoms with Crippen molar-refractivity contribution < 1.29 is 0 Å². The van der Waals surface area contributed by atoms with E-state index in [1.807, 2.05) is 37.4 Å². The molecule has 28 heavy (non-hydrogen) atoms. The Kier molecular flexibility index (Phi) is 5.09. The summed E-state index contributed by atoms with van der Waals surface area (Å²) in [6.07, 6.45) is 8.21. The van der Waals surface area contributed by atoms with E-state index in [1.54, 1.807) is 11.8 Å². The number of anilines is 2. The fourth-order valence-corrected chi connectivity index (χ4v) is 4.15. The molecule has 2 nitrogen and oxygen atoms in total. The molecule has 0 spiro atoms. The minimum atomic E-state index is 0.788. The summed E-state index contributed by atoms with van der Waals surface area (Å²) in [4.78, 5) is 1.17. The van der Waals surface area contributed by atoms with E-state index >= 15 is 0 Å². The molecule has 3 heteroatoms. The Labute approximate surface area is 170 Å². The van der Waals surface area contributed by atoms with Crippen LogP contribution in [-0.4, -0.2) is 7.05 Å². The number of nitrogens with one attached hydrogen (secondary N) is 1. The molecule has 0 amide bonds. The molecule has 3 aromatic carbocycles. The van der Waals surface area contributed by atoms with Gasteiger partial charge in [0.15, 0.2) is 0 Å². The zero-order chi connectivity index (χ0) is 19.5. The number of hydrogen-bond acceptors (Lipinski definition) is 3. The summed E-state index contributed by atoms with van der Waals surface area (Å²) < 4.78 is 0. The van der Waals surface area contributed by atoms with E-state index in [0.717, 1.165) is 22.3 Å². The van der Waals surface area contributed by atoms with E-state index in [-0.39, 0.29) is 0 Å².